The molecule has 10 rings (SSSR count). The first-order valence-corrected chi connectivity index (χ1v) is 19.6. The van der Waals surface area contributed by atoms with Crippen LogP contribution in [-0.4, -0.2) is 0 Å². The van der Waals surface area contributed by atoms with Gasteiger partial charge in [0, 0.05) is 16.6 Å². The topological polar surface area (TPSA) is 3.24 Å². The number of benzene rings is 10. The third kappa shape index (κ3) is 6.26. The van der Waals surface area contributed by atoms with Crippen LogP contribution < -0.4 is 4.90 Å². The summed E-state index contributed by atoms with van der Waals surface area (Å²) in [5.41, 5.74) is 15.3. The molecule has 0 unspecified atom stereocenters. The molecule has 1 nitrogen and oxygen atoms in total. The van der Waals surface area contributed by atoms with Crippen LogP contribution in [0.1, 0.15) is 0 Å². The maximum absolute atomic E-state index is 2.50. The second-order valence-corrected chi connectivity index (χ2v) is 14.4. The minimum atomic E-state index is 1.09. The number of anilines is 3. The fraction of sp³-hybridized carbons (Fsp3) is 0. The van der Waals surface area contributed by atoms with Crippen molar-refractivity contribution in [3.05, 3.63) is 237 Å². The molecule has 268 valence electrons. The summed E-state index contributed by atoms with van der Waals surface area (Å²) in [6, 6.07) is 85.7. The molecule has 0 bridgehead atoms. The molecule has 0 aliphatic rings. The molecule has 0 aliphatic carbocycles. The lowest BCUT2D eigenvalue weighted by atomic mass is 9.84. The van der Waals surface area contributed by atoms with E-state index in [0.717, 1.165) is 22.6 Å². The molecule has 0 N–H and O–H groups in total. The zero-order valence-electron chi connectivity index (χ0n) is 31.5. The maximum Gasteiger partial charge on any atom is 0.0546 e. The van der Waals surface area contributed by atoms with Gasteiger partial charge >= 0.3 is 0 Å². The van der Waals surface area contributed by atoms with Crippen LogP contribution in [0.5, 0.6) is 0 Å². The number of fused-ring (bicyclic) bond motifs is 3. The summed E-state index contributed by atoms with van der Waals surface area (Å²) >= 11 is 0. The van der Waals surface area contributed by atoms with E-state index in [1.807, 2.05) is 0 Å². The summed E-state index contributed by atoms with van der Waals surface area (Å²) in [7, 11) is 0. The highest BCUT2D eigenvalue weighted by molar-refractivity contribution is 6.25. The summed E-state index contributed by atoms with van der Waals surface area (Å²) in [5.74, 6) is 0. The van der Waals surface area contributed by atoms with Crippen LogP contribution in [0.3, 0.4) is 0 Å². The van der Waals surface area contributed by atoms with Crippen molar-refractivity contribution in [1.82, 2.24) is 0 Å². The van der Waals surface area contributed by atoms with Crippen molar-refractivity contribution >= 4 is 38.6 Å². The quantitative estimate of drug-likeness (QED) is 0.141. The molecule has 0 aliphatic heterocycles. The van der Waals surface area contributed by atoms with Crippen LogP contribution in [0.4, 0.5) is 17.1 Å². The van der Waals surface area contributed by atoms with Crippen LogP contribution in [0.15, 0.2) is 237 Å². The van der Waals surface area contributed by atoms with Crippen molar-refractivity contribution in [2.75, 3.05) is 4.90 Å². The molecule has 10 aromatic rings. The van der Waals surface area contributed by atoms with Crippen LogP contribution in [0.25, 0.3) is 77.2 Å². The fourth-order valence-corrected chi connectivity index (χ4v) is 8.55. The van der Waals surface area contributed by atoms with Crippen molar-refractivity contribution < 1.29 is 0 Å². The van der Waals surface area contributed by atoms with Crippen molar-refractivity contribution in [3.8, 4) is 55.6 Å². The van der Waals surface area contributed by atoms with Crippen molar-refractivity contribution in [3.63, 3.8) is 0 Å². The number of para-hydroxylation sites is 1. The lowest BCUT2D eigenvalue weighted by molar-refractivity contribution is 1.30. The first-order valence-electron chi connectivity index (χ1n) is 19.6. The first kappa shape index (κ1) is 34.0. The van der Waals surface area contributed by atoms with Gasteiger partial charge in [0.25, 0.3) is 0 Å². The molecule has 0 saturated carbocycles. The molecule has 0 saturated heterocycles. The molecule has 0 fully saturated rings. The van der Waals surface area contributed by atoms with E-state index in [0.29, 0.717) is 0 Å². The molecule has 10 aromatic carbocycles. The van der Waals surface area contributed by atoms with Gasteiger partial charge in [-0.05, 0) is 90.5 Å². The fourth-order valence-electron chi connectivity index (χ4n) is 8.55. The molecule has 0 spiro atoms. The van der Waals surface area contributed by atoms with E-state index in [-0.39, 0.29) is 0 Å². The van der Waals surface area contributed by atoms with Gasteiger partial charge in [-0.2, -0.15) is 0 Å². The van der Waals surface area contributed by atoms with E-state index in [2.05, 4.69) is 241 Å². The van der Waals surface area contributed by atoms with E-state index in [9.17, 15) is 0 Å². The van der Waals surface area contributed by atoms with Gasteiger partial charge in [0.2, 0.25) is 0 Å². The number of hydrogen-bond donors (Lipinski definition) is 0. The Kier molecular flexibility index (Phi) is 8.95. The van der Waals surface area contributed by atoms with Crippen LogP contribution in [0.2, 0.25) is 0 Å². The lowest BCUT2D eigenvalue weighted by Crippen LogP contribution is -2.12. The maximum atomic E-state index is 2.50. The Morgan fingerprint density at radius 3 is 1.26 bits per heavy atom. The summed E-state index contributed by atoms with van der Waals surface area (Å²) in [5, 5.41) is 4.86. The lowest BCUT2D eigenvalue weighted by Gasteiger charge is -2.31. The molecule has 0 radical (unpaired) electrons. The Balaban J connectivity index is 1.34. The molecular weight excluding hydrogens is 687 g/mol. The smallest absolute Gasteiger partial charge is 0.0546 e. The third-order valence-electron chi connectivity index (χ3n) is 11.1. The SMILES string of the molecule is c1ccc(-c2ccc(N(c3ccccc3-c3ccccc3)c3cccc4c(-c5ccccc5)c(-c5ccccc5)c5ccccc5c34)cc2-c2ccccc2)cc1. The Labute approximate surface area is 334 Å². The monoisotopic (exact) mass is 725 g/mol. The molecule has 57 heavy (non-hydrogen) atoms. The van der Waals surface area contributed by atoms with Gasteiger partial charge < -0.3 is 4.90 Å². The van der Waals surface area contributed by atoms with Gasteiger partial charge in [-0.25, -0.2) is 0 Å². The minimum Gasteiger partial charge on any atom is -0.309 e. The molecule has 1 heteroatoms. The highest BCUT2D eigenvalue weighted by Crippen LogP contribution is 2.51. The van der Waals surface area contributed by atoms with Gasteiger partial charge in [0.1, 0.15) is 0 Å². The number of rotatable bonds is 8. The predicted octanol–water partition coefficient (Wildman–Crippen LogP) is 15.8. The first-order chi connectivity index (χ1) is 28.3. The molecule has 0 aromatic heterocycles. The molecule has 0 heterocycles. The average Bonchev–Trinajstić information content (AvgIpc) is 3.30. The summed E-state index contributed by atoms with van der Waals surface area (Å²) in [6.45, 7) is 0. The zero-order valence-corrected chi connectivity index (χ0v) is 31.5. The summed E-state index contributed by atoms with van der Waals surface area (Å²) in [6.07, 6.45) is 0. The second-order valence-electron chi connectivity index (χ2n) is 14.4. The van der Waals surface area contributed by atoms with Gasteiger partial charge in [-0.3, -0.25) is 0 Å². The van der Waals surface area contributed by atoms with Crippen LogP contribution in [-0.2, 0) is 0 Å². The second kappa shape index (κ2) is 15.0. The van der Waals surface area contributed by atoms with Gasteiger partial charge in [0.05, 0.1) is 11.4 Å². The van der Waals surface area contributed by atoms with Gasteiger partial charge in [-0.15, -0.1) is 0 Å². The van der Waals surface area contributed by atoms with E-state index < -0.39 is 0 Å². The Morgan fingerprint density at radius 1 is 0.246 bits per heavy atom. The minimum absolute atomic E-state index is 1.09. The van der Waals surface area contributed by atoms with Gasteiger partial charge in [-0.1, -0.05) is 212 Å². The number of nitrogens with zero attached hydrogens (tertiary/aromatic N) is 1. The van der Waals surface area contributed by atoms with Crippen molar-refractivity contribution in [2.24, 2.45) is 0 Å². The van der Waals surface area contributed by atoms with E-state index in [1.54, 1.807) is 0 Å². The molecule has 0 atom stereocenters. The zero-order chi connectivity index (χ0) is 38.0. The Bertz CT molecular complexity index is 2970. The summed E-state index contributed by atoms with van der Waals surface area (Å²) in [4.78, 5) is 2.50. The molecule has 0 amide bonds. The highest BCUT2D eigenvalue weighted by atomic mass is 15.1. The Morgan fingerprint density at radius 2 is 0.667 bits per heavy atom. The van der Waals surface area contributed by atoms with Crippen LogP contribution >= 0.6 is 0 Å². The highest BCUT2D eigenvalue weighted by Gasteiger charge is 2.25. The summed E-state index contributed by atoms with van der Waals surface area (Å²) < 4.78 is 0. The van der Waals surface area contributed by atoms with E-state index >= 15 is 0 Å². The number of hydrogen-bond acceptors (Lipinski definition) is 1. The van der Waals surface area contributed by atoms with Crippen LogP contribution in [0, 0.1) is 0 Å². The van der Waals surface area contributed by atoms with E-state index in [4.69, 9.17) is 0 Å². The largest absolute Gasteiger partial charge is 0.309 e. The third-order valence-corrected chi connectivity index (χ3v) is 11.1. The van der Waals surface area contributed by atoms with Gasteiger partial charge in [0.15, 0.2) is 0 Å². The standard InChI is InChI=1S/C56H39N/c1-6-21-40(22-7-1)46-38-37-45(39-51(46)42-25-10-3-11-26-42)57(52-35-19-18-31-47(52)41-23-8-2-9-24-41)53-36-20-34-50-55(44-29-14-5-15-30-44)54(43-27-12-4-13-28-43)48-32-16-17-33-49(48)56(50)53/h1-39H. The van der Waals surface area contributed by atoms with Crippen molar-refractivity contribution in [1.29, 1.82) is 0 Å². The predicted molar refractivity (Wildman–Crippen MR) is 243 cm³/mol. The average molecular weight is 726 g/mol. The molecular formula is C56H39N. The van der Waals surface area contributed by atoms with Crippen molar-refractivity contribution in [2.45, 2.75) is 0 Å². The van der Waals surface area contributed by atoms with E-state index in [1.165, 1.54) is 71.6 Å². The Hall–Kier alpha value is -7.48. The normalized spacial score (nSPS) is 11.2.